The maximum Gasteiger partial charge on any atom is 0.330 e. The van der Waals surface area contributed by atoms with Gasteiger partial charge in [-0.2, -0.15) is 0 Å². The summed E-state index contributed by atoms with van der Waals surface area (Å²) in [5.41, 5.74) is 0. The summed E-state index contributed by atoms with van der Waals surface area (Å²) >= 11 is 0. The monoisotopic (exact) mass is 266 g/mol. The molecule has 2 aliphatic rings. The molecule has 0 aromatic rings. The van der Waals surface area contributed by atoms with Gasteiger partial charge in [-0.3, -0.25) is 0 Å². The maximum absolute atomic E-state index is 11.1. The van der Waals surface area contributed by atoms with Crippen molar-refractivity contribution in [1.82, 2.24) is 0 Å². The Balaban J connectivity index is 1.60. The van der Waals surface area contributed by atoms with Crippen LogP contribution in [0.4, 0.5) is 0 Å². The first-order chi connectivity index (χ1) is 9.24. The van der Waals surface area contributed by atoms with Gasteiger partial charge in [0.05, 0.1) is 19.8 Å². The lowest BCUT2D eigenvalue weighted by atomic mass is 10.00. The summed E-state index contributed by atoms with van der Waals surface area (Å²) in [5.74, 6) is -0.158. The van der Waals surface area contributed by atoms with Crippen molar-refractivity contribution in [3.8, 4) is 0 Å². The Labute approximate surface area is 114 Å². The van der Waals surface area contributed by atoms with E-state index in [4.69, 9.17) is 14.2 Å². The summed E-state index contributed by atoms with van der Waals surface area (Å²) in [6, 6.07) is 0. The van der Waals surface area contributed by atoms with E-state index in [9.17, 15) is 4.79 Å². The SMILES string of the molecule is CCOC(=O)/C=C/CCCC1C=CC2(C1)OCCO2. The zero-order valence-corrected chi connectivity index (χ0v) is 11.5. The molecule has 0 aromatic heterocycles. The van der Waals surface area contributed by atoms with Crippen molar-refractivity contribution in [2.45, 2.75) is 38.4 Å². The van der Waals surface area contributed by atoms with Crippen LogP contribution in [0, 0.1) is 5.92 Å². The highest BCUT2D eigenvalue weighted by molar-refractivity contribution is 5.81. The van der Waals surface area contributed by atoms with Crippen LogP contribution in [0.2, 0.25) is 0 Å². The number of carbonyl (C=O) groups excluding carboxylic acids is 1. The third-order valence-electron chi connectivity index (χ3n) is 3.43. The average Bonchev–Trinajstić information content (AvgIpc) is 3.00. The van der Waals surface area contributed by atoms with Crippen LogP contribution >= 0.6 is 0 Å². The van der Waals surface area contributed by atoms with Crippen molar-refractivity contribution in [3.05, 3.63) is 24.3 Å². The molecule has 0 aromatic carbocycles. The molecule has 0 radical (unpaired) electrons. The first-order valence-corrected chi connectivity index (χ1v) is 7.05. The van der Waals surface area contributed by atoms with Gasteiger partial charge < -0.3 is 14.2 Å². The molecule has 1 fully saturated rings. The molecular formula is C15H22O4. The van der Waals surface area contributed by atoms with E-state index in [-0.39, 0.29) is 5.97 Å². The number of hydrogen-bond acceptors (Lipinski definition) is 4. The van der Waals surface area contributed by atoms with Crippen LogP contribution in [0.5, 0.6) is 0 Å². The smallest absolute Gasteiger partial charge is 0.330 e. The van der Waals surface area contributed by atoms with Gasteiger partial charge in [0.25, 0.3) is 0 Å². The van der Waals surface area contributed by atoms with Gasteiger partial charge in [-0.15, -0.1) is 0 Å². The highest BCUT2D eigenvalue weighted by Gasteiger charge is 2.39. The second kappa shape index (κ2) is 6.87. The van der Waals surface area contributed by atoms with Gasteiger partial charge in [-0.25, -0.2) is 4.79 Å². The van der Waals surface area contributed by atoms with Crippen molar-refractivity contribution in [1.29, 1.82) is 0 Å². The van der Waals surface area contributed by atoms with E-state index >= 15 is 0 Å². The van der Waals surface area contributed by atoms with Crippen LogP contribution in [0.1, 0.15) is 32.6 Å². The first kappa shape index (κ1) is 14.3. The fourth-order valence-corrected chi connectivity index (χ4v) is 2.53. The molecule has 1 atom stereocenters. The summed E-state index contributed by atoms with van der Waals surface area (Å²) in [6.45, 7) is 3.62. The molecule has 2 rings (SSSR count). The predicted octanol–water partition coefficient (Wildman–Crippen LogP) is 2.60. The molecule has 0 saturated carbocycles. The zero-order chi connectivity index (χ0) is 13.6. The van der Waals surface area contributed by atoms with E-state index in [0.29, 0.717) is 25.7 Å². The summed E-state index contributed by atoms with van der Waals surface area (Å²) in [5, 5.41) is 0. The largest absolute Gasteiger partial charge is 0.463 e. The predicted molar refractivity (Wildman–Crippen MR) is 71.5 cm³/mol. The third-order valence-corrected chi connectivity index (χ3v) is 3.43. The summed E-state index contributed by atoms with van der Waals surface area (Å²) in [4.78, 5) is 11.1. The van der Waals surface area contributed by atoms with E-state index in [0.717, 1.165) is 25.7 Å². The normalized spacial score (nSPS) is 24.6. The molecule has 1 saturated heterocycles. The molecule has 0 N–H and O–H groups in total. The summed E-state index contributed by atoms with van der Waals surface area (Å²) < 4.78 is 16.1. The molecule has 0 bridgehead atoms. The van der Waals surface area contributed by atoms with Crippen molar-refractivity contribution < 1.29 is 19.0 Å². The number of unbranched alkanes of at least 4 members (excludes halogenated alkanes) is 1. The topological polar surface area (TPSA) is 44.8 Å². The molecule has 0 amide bonds. The molecular weight excluding hydrogens is 244 g/mol. The van der Waals surface area contributed by atoms with Crippen LogP contribution in [0.15, 0.2) is 24.3 Å². The van der Waals surface area contributed by atoms with Gasteiger partial charge in [0.2, 0.25) is 0 Å². The lowest BCUT2D eigenvalue weighted by Gasteiger charge is -2.20. The van der Waals surface area contributed by atoms with Crippen LogP contribution in [-0.4, -0.2) is 31.6 Å². The van der Waals surface area contributed by atoms with E-state index in [1.165, 1.54) is 6.08 Å². The Morgan fingerprint density at radius 3 is 3.00 bits per heavy atom. The minimum atomic E-state index is -0.425. The standard InChI is InChI=1S/C15H22O4/c1-2-17-14(16)7-5-3-4-6-13-8-9-15(12-13)18-10-11-19-15/h5,7-9,13H,2-4,6,10-12H2,1H3/b7-5+. The van der Waals surface area contributed by atoms with Gasteiger partial charge in [0.15, 0.2) is 5.79 Å². The van der Waals surface area contributed by atoms with Crippen LogP contribution in [0.3, 0.4) is 0 Å². The first-order valence-electron chi connectivity index (χ1n) is 7.05. The number of carbonyl (C=O) groups is 1. The van der Waals surface area contributed by atoms with E-state index in [1.807, 2.05) is 6.08 Å². The Hall–Kier alpha value is -1.13. The minimum Gasteiger partial charge on any atom is -0.463 e. The molecule has 1 aliphatic heterocycles. The molecule has 1 spiro atoms. The molecule has 4 nitrogen and oxygen atoms in total. The Kier molecular flexibility index (Phi) is 5.16. The van der Waals surface area contributed by atoms with Crippen molar-refractivity contribution >= 4 is 5.97 Å². The van der Waals surface area contributed by atoms with Crippen molar-refractivity contribution in [3.63, 3.8) is 0 Å². The Morgan fingerprint density at radius 1 is 1.47 bits per heavy atom. The Morgan fingerprint density at radius 2 is 2.26 bits per heavy atom. The number of ether oxygens (including phenoxy) is 3. The van der Waals surface area contributed by atoms with Gasteiger partial charge in [0.1, 0.15) is 0 Å². The molecule has 1 heterocycles. The van der Waals surface area contributed by atoms with E-state index in [1.54, 1.807) is 6.92 Å². The fraction of sp³-hybridized carbons (Fsp3) is 0.667. The second-order valence-electron chi connectivity index (χ2n) is 4.92. The average molecular weight is 266 g/mol. The molecule has 106 valence electrons. The number of rotatable bonds is 6. The zero-order valence-electron chi connectivity index (χ0n) is 11.5. The van der Waals surface area contributed by atoms with Crippen LogP contribution in [0.25, 0.3) is 0 Å². The number of hydrogen-bond donors (Lipinski definition) is 0. The van der Waals surface area contributed by atoms with Gasteiger partial charge >= 0.3 is 5.97 Å². The van der Waals surface area contributed by atoms with Gasteiger partial charge in [0, 0.05) is 12.5 Å². The van der Waals surface area contributed by atoms with E-state index < -0.39 is 5.79 Å². The quantitative estimate of drug-likeness (QED) is 0.321. The molecule has 1 unspecified atom stereocenters. The molecule has 19 heavy (non-hydrogen) atoms. The van der Waals surface area contributed by atoms with Gasteiger partial charge in [-0.1, -0.05) is 12.2 Å². The van der Waals surface area contributed by atoms with Gasteiger partial charge in [-0.05, 0) is 38.2 Å². The van der Waals surface area contributed by atoms with Crippen molar-refractivity contribution in [2.75, 3.05) is 19.8 Å². The van der Waals surface area contributed by atoms with Crippen LogP contribution in [-0.2, 0) is 19.0 Å². The van der Waals surface area contributed by atoms with Crippen molar-refractivity contribution in [2.24, 2.45) is 5.92 Å². The number of allylic oxidation sites excluding steroid dienone is 2. The maximum atomic E-state index is 11.1. The summed E-state index contributed by atoms with van der Waals surface area (Å²) in [7, 11) is 0. The lowest BCUT2D eigenvalue weighted by molar-refractivity contribution is -0.137. The molecule has 1 aliphatic carbocycles. The second-order valence-corrected chi connectivity index (χ2v) is 4.92. The lowest BCUT2D eigenvalue weighted by Crippen LogP contribution is -2.25. The van der Waals surface area contributed by atoms with E-state index in [2.05, 4.69) is 12.2 Å². The summed E-state index contributed by atoms with van der Waals surface area (Å²) in [6.07, 6.45) is 11.6. The number of esters is 1. The minimum absolute atomic E-state index is 0.255. The molecule has 4 heteroatoms. The highest BCUT2D eigenvalue weighted by Crippen LogP contribution is 2.37. The Bertz CT molecular complexity index is 353. The third kappa shape index (κ3) is 4.18. The van der Waals surface area contributed by atoms with Crippen LogP contribution < -0.4 is 0 Å². The highest BCUT2D eigenvalue weighted by atomic mass is 16.7. The fourth-order valence-electron chi connectivity index (χ4n) is 2.53.